The minimum atomic E-state index is -0.199. The van der Waals surface area contributed by atoms with Crippen LogP contribution < -0.4 is 15.2 Å². The van der Waals surface area contributed by atoms with Gasteiger partial charge in [0, 0.05) is 0 Å². The maximum Gasteiger partial charge on any atom is 0.331 e. The predicted molar refractivity (Wildman–Crippen MR) is 77.0 cm³/mol. The molecule has 0 saturated heterocycles. The van der Waals surface area contributed by atoms with Crippen LogP contribution in [0, 0.1) is 0 Å². The number of methoxy groups -OCH3 is 2. The highest BCUT2D eigenvalue weighted by Crippen LogP contribution is 2.26. The van der Waals surface area contributed by atoms with Crippen molar-refractivity contribution in [3.63, 3.8) is 0 Å². The fourth-order valence-electron chi connectivity index (χ4n) is 2.27. The minimum Gasteiger partial charge on any atom is -0.497 e. The quantitative estimate of drug-likeness (QED) is 0.794. The molecule has 5 heteroatoms. The topological polar surface area (TPSA) is 56.2 Å². The number of H-pyrrole nitrogens is 1. The van der Waals surface area contributed by atoms with E-state index in [4.69, 9.17) is 9.47 Å². The van der Waals surface area contributed by atoms with Crippen molar-refractivity contribution in [3.05, 3.63) is 52.9 Å². The summed E-state index contributed by atoms with van der Waals surface area (Å²) in [5.74, 6) is 1.39. The minimum absolute atomic E-state index is 0.199. The lowest BCUT2D eigenvalue weighted by Gasteiger charge is -2.07. The Morgan fingerprint density at radius 2 is 1.75 bits per heavy atom. The summed E-state index contributed by atoms with van der Waals surface area (Å²) < 4.78 is 12.1. The van der Waals surface area contributed by atoms with Crippen molar-refractivity contribution in [2.75, 3.05) is 14.2 Å². The number of fused-ring (bicyclic) bond motifs is 1. The molecule has 1 N–H and O–H groups in total. The molecule has 0 fully saturated rings. The molecule has 1 aromatic heterocycles. The average molecular weight is 270 g/mol. The van der Waals surface area contributed by atoms with Gasteiger partial charge in [-0.3, -0.25) is 4.57 Å². The van der Waals surface area contributed by atoms with Gasteiger partial charge in [-0.2, -0.15) is 0 Å². The van der Waals surface area contributed by atoms with Gasteiger partial charge in [0.25, 0.3) is 0 Å². The summed E-state index contributed by atoms with van der Waals surface area (Å²) in [6, 6.07) is 12.8. The zero-order valence-electron chi connectivity index (χ0n) is 11.2. The van der Waals surface area contributed by atoms with Crippen LogP contribution in [0.4, 0.5) is 0 Å². The summed E-state index contributed by atoms with van der Waals surface area (Å²) in [6.45, 7) is 0. The zero-order chi connectivity index (χ0) is 14.1. The highest BCUT2D eigenvalue weighted by molar-refractivity contribution is 5.83. The lowest BCUT2D eigenvalue weighted by atomic mass is 10.2. The monoisotopic (exact) mass is 270 g/mol. The number of para-hydroxylation sites is 1. The Morgan fingerprint density at radius 1 is 1.00 bits per heavy atom. The first-order valence-corrected chi connectivity index (χ1v) is 6.17. The van der Waals surface area contributed by atoms with E-state index < -0.39 is 0 Å². The number of hydrogen-bond donors (Lipinski definition) is 1. The van der Waals surface area contributed by atoms with Crippen molar-refractivity contribution in [1.29, 1.82) is 0 Å². The van der Waals surface area contributed by atoms with Crippen molar-refractivity contribution in [2.45, 2.75) is 0 Å². The van der Waals surface area contributed by atoms with Crippen LogP contribution in [0.5, 0.6) is 11.5 Å². The van der Waals surface area contributed by atoms with Crippen LogP contribution in [0.1, 0.15) is 0 Å². The van der Waals surface area contributed by atoms with Gasteiger partial charge in [0.05, 0.1) is 25.4 Å². The second-order valence-corrected chi connectivity index (χ2v) is 4.32. The molecule has 2 aromatic carbocycles. The largest absolute Gasteiger partial charge is 0.497 e. The normalized spacial score (nSPS) is 10.7. The molecule has 0 aliphatic carbocycles. The molecule has 1 heterocycles. The molecule has 0 radical (unpaired) electrons. The molecule has 0 spiro atoms. The van der Waals surface area contributed by atoms with Gasteiger partial charge >= 0.3 is 5.69 Å². The van der Waals surface area contributed by atoms with E-state index in [1.54, 1.807) is 18.8 Å². The van der Waals surface area contributed by atoms with Gasteiger partial charge in [0.1, 0.15) is 17.0 Å². The molecular formula is C15H14N2O3. The van der Waals surface area contributed by atoms with E-state index in [0.29, 0.717) is 5.75 Å². The molecule has 0 amide bonds. The molecule has 3 rings (SSSR count). The van der Waals surface area contributed by atoms with Gasteiger partial charge in [-0.25, -0.2) is 4.79 Å². The van der Waals surface area contributed by atoms with E-state index in [1.165, 1.54) is 0 Å². The molecule has 20 heavy (non-hydrogen) atoms. The predicted octanol–water partition coefficient (Wildman–Crippen LogP) is 2.34. The van der Waals surface area contributed by atoms with Gasteiger partial charge in [-0.1, -0.05) is 6.07 Å². The number of ether oxygens (including phenoxy) is 2. The Balaban J connectivity index is 2.29. The number of benzene rings is 2. The highest BCUT2D eigenvalue weighted by Gasteiger charge is 2.12. The van der Waals surface area contributed by atoms with Crippen molar-refractivity contribution in [1.82, 2.24) is 9.55 Å². The molecule has 0 unspecified atom stereocenters. The van der Waals surface area contributed by atoms with E-state index >= 15 is 0 Å². The van der Waals surface area contributed by atoms with Crippen LogP contribution in [0.2, 0.25) is 0 Å². The number of hydrogen-bond acceptors (Lipinski definition) is 3. The number of nitrogens with zero attached hydrogens (tertiary/aromatic N) is 1. The Bertz CT molecular complexity index is 800. The molecule has 0 bridgehead atoms. The molecule has 5 nitrogen and oxygen atoms in total. The Morgan fingerprint density at radius 3 is 2.40 bits per heavy atom. The Kier molecular flexibility index (Phi) is 2.95. The number of aromatic amines is 1. The smallest absolute Gasteiger partial charge is 0.331 e. The summed E-state index contributed by atoms with van der Waals surface area (Å²) in [7, 11) is 3.19. The van der Waals surface area contributed by atoms with Crippen LogP contribution in [-0.2, 0) is 0 Å². The molecule has 102 valence electrons. The first-order valence-electron chi connectivity index (χ1n) is 6.17. The first kappa shape index (κ1) is 12.3. The van der Waals surface area contributed by atoms with Gasteiger partial charge < -0.3 is 14.5 Å². The van der Waals surface area contributed by atoms with Crippen LogP contribution in [0.3, 0.4) is 0 Å². The van der Waals surface area contributed by atoms with Crippen molar-refractivity contribution < 1.29 is 9.47 Å². The van der Waals surface area contributed by atoms with E-state index in [9.17, 15) is 4.79 Å². The summed E-state index contributed by atoms with van der Waals surface area (Å²) in [5, 5.41) is 0. The second kappa shape index (κ2) is 4.77. The van der Waals surface area contributed by atoms with Gasteiger partial charge in [-0.15, -0.1) is 0 Å². The van der Waals surface area contributed by atoms with E-state index in [-0.39, 0.29) is 5.69 Å². The standard InChI is InChI=1S/C15H14N2O3/c1-19-11-8-6-10(7-9-11)17-14-12(16-15(17)18)4-3-5-13(14)20-2/h3-9H,1-2H3,(H,16,18). The van der Waals surface area contributed by atoms with Gasteiger partial charge in [0.2, 0.25) is 0 Å². The summed E-state index contributed by atoms with van der Waals surface area (Å²) in [5.41, 5.74) is 2.02. The van der Waals surface area contributed by atoms with Gasteiger partial charge in [-0.05, 0) is 36.4 Å². The average Bonchev–Trinajstić information content (AvgIpc) is 2.83. The third-order valence-corrected chi connectivity index (χ3v) is 3.22. The molecular weight excluding hydrogens is 256 g/mol. The van der Waals surface area contributed by atoms with Crippen LogP contribution in [0.25, 0.3) is 16.7 Å². The summed E-state index contributed by atoms with van der Waals surface area (Å²) in [4.78, 5) is 15.0. The molecule has 0 atom stereocenters. The molecule has 0 aliphatic rings. The molecule has 0 aliphatic heterocycles. The Labute approximate surface area is 115 Å². The van der Waals surface area contributed by atoms with Crippen molar-refractivity contribution in [3.8, 4) is 17.2 Å². The first-order chi connectivity index (χ1) is 9.74. The van der Waals surface area contributed by atoms with E-state index in [1.807, 2.05) is 42.5 Å². The molecule has 3 aromatic rings. The summed E-state index contributed by atoms with van der Waals surface area (Å²) in [6.07, 6.45) is 0. The van der Waals surface area contributed by atoms with Crippen LogP contribution in [0.15, 0.2) is 47.3 Å². The maximum absolute atomic E-state index is 12.2. The summed E-state index contributed by atoms with van der Waals surface area (Å²) >= 11 is 0. The SMILES string of the molecule is COc1ccc(-n2c(=O)[nH]c3cccc(OC)c32)cc1. The number of nitrogens with one attached hydrogen (secondary N) is 1. The van der Waals surface area contributed by atoms with Gasteiger partial charge in [0.15, 0.2) is 0 Å². The van der Waals surface area contributed by atoms with Crippen LogP contribution >= 0.6 is 0 Å². The number of aromatic nitrogens is 2. The Hall–Kier alpha value is -2.69. The molecule has 0 saturated carbocycles. The third-order valence-electron chi connectivity index (χ3n) is 3.22. The number of imidazole rings is 1. The third kappa shape index (κ3) is 1.84. The second-order valence-electron chi connectivity index (χ2n) is 4.32. The van der Waals surface area contributed by atoms with Crippen molar-refractivity contribution >= 4 is 11.0 Å². The fourth-order valence-corrected chi connectivity index (χ4v) is 2.27. The van der Waals surface area contributed by atoms with Crippen LogP contribution in [-0.4, -0.2) is 23.8 Å². The maximum atomic E-state index is 12.2. The zero-order valence-corrected chi connectivity index (χ0v) is 11.2. The fraction of sp³-hybridized carbons (Fsp3) is 0.133. The lowest BCUT2D eigenvalue weighted by Crippen LogP contribution is -2.14. The van der Waals surface area contributed by atoms with E-state index in [2.05, 4.69) is 4.98 Å². The lowest BCUT2D eigenvalue weighted by molar-refractivity contribution is 0.414. The number of rotatable bonds is 3. The van der Waals surface area contributed by atoms with E-state index in [0.717, 1.165) is 22.5 Å². The van der Waals surface area contributed by atoms with Crippen molar-refractivity contribution in [2.24, 2.45) is 0 Å². The highest BCUT2D eigenvalue weighted by atomic mass is 16.5.